The molecule has 1 saturated heterocycles. The van der Waals surface area contributed by atoms with Gasteiger partial charge in [-0.1, -0.05) is 66.8 Å². The summed E-state index contributed by atoms with van der Waals surface area (Å²) in [6, 6.07) is 10.7. The number of benzene rings is 1. The van der Waals surface area contributed by atoms with E-state index in [1.807, 2.05) is 34.0 Å². The van der Waals surface area contributed by atoms with Gasteiger partial charge in [-0.25, -0.2) is 0 Å². The number of allylic oxidation sites excluding steroid dienone is 5. The van der Waals surface area contributed by atoms with Gasteiger partial charge in [0.15, 0.2) is 0 Å². The molecule has 6 nitrogen and oxygen atoms in total. The third-order valence-electron chi connectivity index (χ3n) is 7.88. The van der Waals surface area contributed by atoms with Gasteiger partial charge in [-0.15, -0.1) is 6.58 Å². The highest BCUT2D eigenvalue weighted by molar-refractivity contribution is 5.94. The topological polar surface area (TPSA) is 57.6 Å². The van der Waals surface area contributed by atoms with Crippen LogP contribution < -0.4 is 5.32 Å². The molecule has 1 fully saturated rings. The van der Waals surface area contributed by atoms with Gasteiger partial charge in [-0.05, 0) is 83.2 Å². The van der Waals surface area contributed by atoms with Crippen molar-refractivity contribution in [1.29, 1.82) is 0 Å². The molecule has 3 rings (SSSR count). The molecule has 0 aliphatic carbocycles. The highest BCUT2D eigenvalue weighted by Gasteiger charge is 2.23. The molecule has 0 radical (unpaired) electrons. The van der Waals surface area contributed by atoms with Crippen molar-refractivity contribution in [2.24, 2.45) is 13.0 Å². The van der Waals surface area contributed by atoms with E-state index in [0.29, 0.717) is 30.9 Å². The Labute approximate surface area is 254 Å². The summed E-state index contributed by atoms with van der Waals surface area (Å²) < 4.78 is 2.06. The van der Waals surface area contributed by atoms with E-state index in [1.54, 1.807) is 29.2 Å². The van der Waals surface area contributed by atoms with Crippen LogP contribution in [0.2, 0.25) is 0 Å². The molecule has 1 aromatic carbocycles. The molecule has 1 N–H and O–H groups in total. The smallest absolute Gasteiger partial charge is 0.250 e. The zero-order valence-electron chi connectivity index (χ0n) is 26.7. The molecule has 1 unspecified atom stereocenters. The minimum absolute atomic E-state index is 0.00187. The normalized spacial score (nSPS) is 15.0. The van der Waals surface area contributed by atoms with Crippen LogP contribution in [0.5, 0.6) is 0 Å². The molecule has 0 bridgehead atoms. The first kappa shape index (κ1) is 34.6. The van der Waals surface area contributed by atoms with Crippen LogP contribution in [0.25, 0.3) is 0 Å². The van der Waals surface area contributed by atoms with Crippen molar-refractivity contribution in [3.63, 3.8) is 0 Å². The Morgan fingerprint density at radius 3 is 2.40 bits per heavy atom. The fourth-order valence-electron chi connectivity index (χ4n) is 5.08. The Kier molecular flexibility index (Phi) is 14.8. The zero-order chi connectivity index (χ0) is 31.1. The maximum absolute atomic E-state index is 13.4. The largest absolute Gasteiger partial charge is 0.356 e. The minimum atomic E-state index is -0.0743. The Bertz CT molecular complexity index is 1210. The number of aryl methyl sites for hydroxylation is 3. The van der Waals surface area contributed by atoms with Crippen molar-refractivity contribution >= 4 is 11.8 Å². The average Bonchev–Trinajstić information content (AvgIpc) is 3.31. The Hall–Kier alpha value is -3.64. The number of carbonyl (C=O) groups is 2. The fourth-order valence-corrected chi connectivity index (χ4v) is 5.08. The van der Waals surface area contributed by atoms with Crippen molar-refractivity contribution < 1.29 is 9.59 Å². The van der Waals surface area contributed by atoms with Crippen LogP contribution in [-0.4, -0.2) is 52.9 Å². The van der Waals surface area contributed by atoms with Crippen LogP contribution in [0.3, 0.4) is 0 Å². The molecule has 6 heteroatoms. The van der Waals surface area contributed by atoms with Crippen LogP contribution >= 0.6 is 0 Å². The van der Waals surface area contributed by atoms with Gasteiger partial charge >= 0.3 is 0 Å². The van der Waals surface area contributed by atoms with Crippen molar-refractivity contribution in [3.05, 3.63) is 108 Å². The van der Waals surface area contributed by atoms with Crippen LogP contribution in [-0.2, 0) is 23.2 Å². The number of piperidine rings is 1. The van der Waals surface area contributed by atoms with E-state index in [2.05, 4.69) is 78.3 Å². The third kappa shape index (κ3) is 11.3. The van der Waals surface area contributed by atoms with Gasteiger partial charge in [0.2, 0.25) is 11.8 Å². The molecule has 0 spiro atoms. The van der Waals surface area contributed by atoms with Crippen molar-refractivity contribution in [2.75, 3.05) is 26.7 Å². The number of nitrogens with one attached hydrogen (secondary N) is 1. The van der Waals surface area contributed by atoms with E-state index >= 15 is 0 Å². The molecule has 1 aliphatic rings. The lowest BCUT2D eigenvalue weighted by Gasteiger charge is -2.32. The fraction of sp³-hybridized carbons (Fsp3) is 0.444. The maximum Gasteiger partial charge on any atom is 0.250 e. The number of amides is 2. The number of hydrogen-bond donors (Lipinski definition) is 1. The highest BCUT2D eigenvalue weighted by atomic mass is 16.2. The summed E-state index contributed by atoms with van der Waals surface area (Å²) in [5.74, 6) is 0.431. The first-order valence-electron chi connectivity index (χ1n) is 15.1. The first-order valence-corrected chi connectivity index (χ1v) is 15.1. The first-order chi connectivity index (χ1) is 20.1. The lowest BCUT2D eigenvalue weighted by atomic mass is 9.96. The molecule has 2 aromatic rings. The SMILES string of the molecule is C=C/C=C\C=C(/CCC(=O)NCC1CCN(Cc2cccc(C)c2)CC1)C(=O)N(C)C(C)c1cc(C)n(C)c1.C=CC. The van der Waals surface area contributed by atoms with Gasteiger partial charge in [0.25, 0.3) is 0 Å². The molecular formula is C36H52N4O2. The quantitative estimate of drug-likeness (QED) is 0.172. The summed E-state index contributed by atoms with van der Waals surface area (Å²) in [5.41, 5.74) is 5.52. The van der Waals surface area contributed by atoms with Gasteiger partial charge < -0.3 is 14.8 Å². The second kappa shape index (κ2) is 18.0. The number of carbonyl (C=O) groups excluding carboxylic acids is 2. The van der Waals surface area contributed by atoms with Gasteiger partial charge in [0.05, 0.1) is 6.04 Å². The predicted octanol–water partition coefficient (Wildman–Crippen LogP) is 6.83. The third-order valence-corrected chi connectivity index (χ3v) is 7.88. The Morgan fingerprint density at radius 1 is 1.12 bits per heavy atom. The second-order valence-electron chi connectivity index (χ2n) is 11.4. The monoisotopic (exact) mass is 572 g/mol. The van der Waals surface area contributed by atoms with Gasteiger partial charge in [-0.2, -0.15) is 0 Å². The summed E-state index contributed by atoms with van der Waals surface area (Å²) in [6.45, 7) is 19.0. The summed E-state index contributed by atoms with van der Waals surface area (Å²) in [4.78, 5) is 30.4. The Balaban J connectivity index is 0.00000197. The zero-order valence-corrected chi connectivity index (χ0v) is 26.7. The van der Waals surface area contributed by atoms with E-state index in [9.17, 15) is 9.59 Å². The van der Waals surface area contributed by atoms with E-state index in [0.717, 1.165) is 43.7 Å². The summed E-state index contributed by atoms with van der Waals surface area (Å²) in [7, 11) is 3.83. The maximum atomic E-state index is 13.4. The molecule has 228 valence electrons. The van der Waals surface area contributed by atoms with Crippen LogP contribution in [0.1, 0.15) is 68.0 Å². The average molecular weight is 573 g/mol. The predicted molar refractivity (Wildman–Crippen MR) is 176 cm³/mol. The van der Waals surface area contributed by atoms with E-state index < -0.39 is 0 Å². The summed E-state index contributed by atoms with van der Waals surface area (Å²) in [6.07, 6.45) is 13.8. The second-order valence-corrected chi connectivity index (χ2v) is 11.4. The number of likely N-dealkylation sites (N-methyl/N-ethyl adjacent to an activating group) is 1. The van der Waals surface area contributed by atoms with Crippen molar-refractivity contribution in [3.8, 4) is 0 Å². The molecule has 1 aliphatic heterocycles. The van der Waals surface area contributed by atoms with Crippen LogP contribution in [0.4, 0.5) is 0 Å². The summed E-state index contributed by atoms with van der Waals surface area (Å²) in [5, 5.41) is 3.13. The van der Waals surface area contributed by atoms with E-state index in [4.69, 9.17) is 0 Å². The number of hydrogen-bond acceptors (Lipinski definition) is 3. The van der Waals surface area contributed by atoms with Crippen LogP contribution in [0.15, 0.2) is 85.6 Å². The van der Waals surface area contributed by atoms with Crippen LogP contribution in [0, 0.1) is 19.8 Å². The Morgan fingerprint density at radius 2 is 1.81 bits per heavy atom. The van der Waals surface area contributed by atoms with Gasteiger partial charge in [0.1, 0.15) is 0 Å². The molecule has 0 saturated carbocycles. The number of likely N-dealkylation sites (tertiary alicyclic amines) is 1. The van der Waals surface area contributed by atoms with Crippen molar-refractivity contribution in [1.82, 2.24) is 19.7 Å². The van der Waals surface area contributed by atoms with Gasteiger partial charge in [0, 0.05) is 51.1 Å². The highest BCUT2D eigenvalue weighted by Crippen LogP contribution is 2.24. The molecule has 1 atom stereocenters. The lowest BCUT2D eigenvalue weighted by Crippen LogP contribution is -2.38. The number of nitrogens with zero attached hydrogens (tertiary/aromatic N) is 3. The minimum Gasteiger partial charge on any atom is -0.356 e. The lowest BCUT2D eigenvalue weighted by molar-refractivity contribution is -0.128. The number of rotatable bonds is 12. The molecule has 42 heavy (non-hydrogen) atoms. The number of aromatic nitrogens is 1. The summed E-state index contributed by atoms with van der Waals surface area (Å²) >= 11 is 0. The molecule has 1 aromatic heterocycles. The van der Waals surface area contributed by atoms with E-state index in [-0.39, 0.29) is 17.9 Å². The molecule has 2 heterocycles. The van der Waals surface area contributed by atoms with E-state index in [1.165, 1.54) is 11.1 Å². The van der Waals surface area contributed by atoms with Crippen molar-refractivity contribution in [2.45, 2.75) is 66.0 Å². The van der Waals surface area contributed by atoms with Gasteiger partial charge in [-0.3, -0.25) is 14.5 Å². The standard InChI is InChI=1S/C33H46N4O2.C3H6/c1-7-8-9-13-30(33(39)36(6)27(4)31-21-26(3)35(5)24-31)14-15-32(38)34-22-28-16-18-37(19-17-28)23-29-12-10-11-25(2)20-29;1-3-2/h7-13,20-21,24,27-28H,1,14-19,22-23H2,2-6H3,(H,34,38);3H,1H2,2H3/b9-8-,30-13+;. The molecular weight excluding hydrogens is 520 g/mol. The molecule has 2 amide bonds.